The number of halogens is 3. The van der Waals surface area contributed by atoms with E-state index in [1.165, 1.54) is 7.11 Å². The molecule has 49 heavy (non-hydrogen) atoms. The second-order valence-electron chi connectivity index (χ2n) is 13.7. The maximum Gasteiger partial charge on any atom is 0.319 e. The first kappa shape index (κ1) is 32.8. The lowest BCUT2D eigenvalue weighted by atomic mass is 9.87. The molecule has 1 N–H and O–H groups in total. The highest BCUT2D eigenvalue weighted by Crippen LogP contribution is 2.43. The summed E-state index contributed by atoms with van der Waals surface area (Å²) in [4.78, 5) is 18.1. The molecule has 4 aromatic rings. The third kappa shape index (κ3) is 5.94. The van der Waals surface area contributed by atoms with Crippen molar-refractivity contribution in [2.75, 3.05) is 57.3 Å². The highest BCUT2D eigenvalue weighted by atomic mass is 35.5. The van der Waals surface area contributed by atoms with Crippen LogP contribution < -0.4 is 19.1 Å². The summed E-state index contributed by atoms with van der Waals surface area (Å²) >= 11 is 6.68. The molecule has 1 unspecified atom stereocenters. The maximum atomic E-state index is 17.0. The highest BCUT2D eigenvalue weighted by molar-refractivity contribution is 7.89. The van der Waals surface area contributed by atoms with Gasteiger partial charge in [0.05, 0.1) is 22.2 Å². The number of nitrogens with one attached hydrogen (secondary N) is 1. The van der Waals surface area contributed by atoms with Crippen LogP contribution in [0.25, 0.3) is 32.9 Å². The Hall–Kier alpha value is -3.43. The summed E-state index contributed by atoms with van der Waals surface area (Å²) in [5.41, 5.74) is -0.692. The lowest BCUT2D eigenvalue weighted by molar-refractivity contribution is 0.0512. The molecule has 0 bridgehead atoms. The summed E-state index contributed by atoms with van der Waals surface area (Å²) in [6.07, 6.45) is 4.55. The van der Waals surface area contributed by atoms with Gasteiger partial charge in [-0.1, -0.05) is 23.7 Å². The third-order valence-electron chi connectivity index (χ3n) is 10.5. The van der Waals surface area contributed by atoms with Crippen molar-refractivity contribution in [1.82, 2.24) is 24.6 Å². The van der Waals surface area contributed by atoms with E-state index in [0.29, 0.717) is 78.2 Å². The van der Waals surface area contributed by atoms with Crippen molar-refractivity contribution >= 4 is 49.1 Å². The Morgan fingerprint density at radius 3 is 2.80 bits per heavy atom. The Kier molecular flexibility index (Phi) is 8.30. The molecule has 0 radical (unpaired) electrons. The van der Waals surface area contributed by atoms with Crippen LogP contribution in [0.3, 0.4) is 0 Å². The number of methoxy groups -OCH3 is 1. The van der Waals surface area contributed by atoms with E-state index in [1.54, 1.807) is 30.5 Å². The van der Waals surface area contributed by atoms with Gasteiger partial charge in [-0.25, -0.2) is 21.9 Å². The molecule has 6 heterocycles. The topological polar surface area (TPSA) is 119 Å². The van der Waals surface area contributed by atoms with E-state index in [9.17, 15) is 12.8 Å². The number of hydrogen-bond acceptors (Lipinski definition) is 10. The van der Waals surface area contributed by atoms with Gasteiger partial charge in [-0.15, -0.1) is 0 Å². The minimum atomic E-state index is -3.39. The van der Waals surface area contributed by atoms with Crippen LogP contribution in [-0.4, -0.2) is 98.0 Å². The average molecular weight is 715 g/mol. The van der Waals surface area contributed by atoms with Crippen LogP contribution in [-0.2, 0) is 14.8 Å². The first-order chi connectivity index (χ1) is 23.6. The molecule has 4 fully saturated rings. The van der Waals surface area contributed by atoms with Gasteiger partial charge in [-0.2, -0.15) is 9.97 Å². The molecule has 15 heteroatoms. The molecule has 3 atom stereocenters. The van der Waals surface area contributed by atoms with Gasteiger partial charge in [0.15, 0.2) is 12.6 Å². The third-order valence-corrected chi connectivity index (χ3v) is 12.3. The van der Waals surface area contributed by atoms with Gasteiger partial charge in [0.1, 0.15) is 35.6 Å². The van der Waals surface area contributed by atoms with E-state index in [0.717, 1.165) is 24.8 Å². The largest absolute Gasteiger partial charge is 0.468 e. The van der Waals surface area contributed by atoms with Crippen LogP contribution in [0.2, 0.25) is 5.02 Å². The molecule has 2 aromatic carbocycles. The van der Waals surface area contributed by atoms with Crippen molar-refractivity contribution in [3.8, 4) is 23.0 Å². The number of fused-ring (bicyclic) bond motifs is 3. The normalized spacial score (nSPS) is 26.6. The summed E-state index contributed by atoms with van der Waals surface area (Å²) in [5.74, 6) is 0.200. The fourth-order valence-electron chi connectivity index (χ4n) is 8.28. The van der Waals surface area contributed by atoms with Gasteiger partial charge in [-0.05, 0) is 62.2 Å². The predicted octanol–water partition coefficient (Wildman–Crippen LogP) is 5.24. The lowest BCUT2D eigenvalue weighted by Gasteiger charge is -2.40. The number of ether oxygens (including phenoxy) is 3. The van der Waals surface area contributed by atoms with Gasteiger partial charge in [0.2, 0.25) is 10.0 Å². The summed E-state index contributed by atoms with van der Waals surface area (Å²) < 4.78 is 76.5. The van der Waals surface area contributed by atoms with Crippen molar-refractivity contribution in [2.24, 2.45) is 0 Å². The van der Waals surface area contributed by atoms with Crippen LogP contribution in [0.4, 0.5) is 14.6 Å². The SMILES string of the molecule is COCOc1cc(-c2ncc3c(N4CCCC5(CCS(=O)(=O)N5)C4)nc(OC[C@@]45CCCN4C[C@H](F)C5)nc3c2F)c2c(Cl)cccc2c1. The number of anilines is 1. The Morgan fingerprint density at radius 1 is 1.12 bits per heavy atom. The molecule has 0 amide bonds. The zero-order valence-corrected chi connectivity index (χ0v) is 28.6. The number of hydrogen-bond donors (Lipinski definition) is 1. The van der Waals surface area contributed by atoms with Gasteiger partial charge in [-0.3, -0.25) is 9.88 Å². The minimum absolute atomic E-state index is 0.00406. The average Bonchev–Trinajstić information content (AvgIpc) is 3.71. The number of pyridine rings is 1. The monoisotopic (exact) mass is 714 g/mol. The number of alkyl halides is 1. The van der Waals surface area contributed by atoms with Crippen molar-refractivity contribution in [1.29, 1.82) is 0 Å². The quantitative estimate of drug-likeness (QED) is 0.243. The number of piperidine rings is 1. The van der Waals surface area contributed by atoms with E-state index in [1.807, 2.05) is 11.0 Å². The predicted molar refractivity (Wildman–Crippen MR) is 182 cm³/mol. The van der Waals surface area contributed by atoms with E-state index in [-0.39, 0.29) is 36.4 Å². The Balaban J connectivity index is 1.25. The standard InChI is InChI=1S/C34H37ClF2N6O5S/c1-46-20-48-23-13-21-5-2-6-26(35)27(21)24(14-23)29-28(37)30-25(16-38-29)31(42-10-3-7-33(18-42)9-12-49(44,45)41-33)40-32(39-30)47-19-34-8-4-11-43(34)17-22(36)15-34/h2,5-6,13-14,16,22,41H,3-4,7-12,15,17-20H2,1H3/t22-,33?,34+/m1/s1. The molecule has 11 nitrogen and oxygen atoms in total. The van der Waals surface area contributed by atoms with Crippen LogP contribution in [0.5, 0.6) is 11.8 Å². The summed E-state index contributed by atoms with van der Waals surface area (Å²) in [7, 11) is -1.87. The van der Waals surface area contributed by atoms with Gasteiger partial charge >= 0.3 is 6.01 Å². The summed E-state index contributed by atoms with van der Waals surface area (Å²) in [6.45, 7) is 2.24. The molecule has 1 spiro atoms. The maximum absolute atomic E-state index is 17.0. The first-order valence-electron chi connectivity index (χ1n) is 16.6. The summed E-state index contributed by atoms with van der Waals surface area (Å²) in [6, 6.07) is 8.83. The molecular weight excluding hydrogens is 678 g/mol. The molecule has 8 rings (SSSR count). The Labute approximate surface area is 287 Å². The second-order valence-corrected chi connectivity index (χ2v) is 16.0. The molecule has 4 aliphatic rings. The lowest BCUT2D eigenvalue weighted by Crippen LogP contribution is -2.54. The zero-order chi connectivity index (χ0) is 34.0. The number of sulfonamides is 1. The smallest absolute Gasteiger partial charge is 0.319 e. The van der Waals surface area contributed by atoms with Crippen molar-refractivity contribution < 1.29 is 31.4 Å². The van der Waals surface area contributed by atoms with E-state index in [2.05, 4.69) is 19.6 Å². The molecule has 4 aliphatic heterocycles. The van der Waals surface area contributed by atoms with E-state index in [4.69, 9.17) is 30.8 Å². The van der Waals surface area contributed by atoms with Crippen molar-refractivity contribution in [2.45, 2.75) is 55.8 Å². The highest BCUT2D eigenvalue weighted by Gasteiger charge is 2.49. The number of benzene rings is 2. The van der Waals surface area contributed by atoms with Gasteiger partial charge in [0.25, 0.3) is 0 Å². The zero-order valence-electron chi connectivity index (χ0n) is 27.1. The van der Waals surface area contributed by atoms with Crippen LogP contribution >= 0.6 is 11.6 Å². The molecule has 2 aromatic heterocycles. The van der Waals surface area contributed by atoms with E-state index < -0.39 is 33.1 Å². The first-order valence-corrected chi connectivity index (χ1v) is 18.6. The van der Waals surface area contributed by atoms with Crippen LogP contribution in [0.1, 0.15) is 38.5 Å². The second kappa shape index (κ2) is 12.4. The fraction of sp³-hybridized carbons (Fsp3) is 0.500. The van der Waals surface area contributed by atoms with Gasteiger partial charge in [0, 0.05) is 55.3 Å². The summed E-state index contributed by atoms with van der Waals surface area (Å²) in [5, 5.41) is 2.10. The number of nitrogens with zero attached hydrogens (tertiary/aromatic N) is 5. The van der Waals surface area contributed by atoms with Crippen LogP contribution in [0.15, 0.2) is 36.5 Å². The Bertz CT molecular complexity index is 2060. The molecule has 260 valence electrons. The number of rotatable bonds is 8. The van der Waals surface area contributed by atoms with Crippen LogP contribution in [0, 0.1) is 5.82 Å². The number of aromatic nitrogens is 3. The van der Waals surface area contributed by atoms with Crippen molar-refractivity contribution in [3.63, 3.8) is 0 Å². The fourth-order valence-corrected chi connectivity index (χ4v) is 10.2. The Morgan fingerprint density at radius 2 is 1.98 bits per heavy atom. The van der Waals surface area contributed by atoms with E-state index >= 15 is 4.39 Å². The molecule has 0 saturated carbocycles. The van der Waals surface area contributed by atoms with Crippen molar-refractivity contribution in [3.05, 3.63) is 47.4 Å². The molecular formula is C34H37ClF2N6O5S. The van der Waals surface area contributed by atoms with Gasteiger partial charge < -0.3 is 19.1 Å². The molecule has 0 aliphatic carbocycles. The molecule has 4 saturated heterocycles. The minimum Gasteiger partial charge on any atom is -0.468 e.